The molecule has 2 N–H and O–H groups in total. The molecule has 0 saturated heterocycles. The first kappa shape index (κ1) is 11.7. The highest BCUT2D eigenvalue weighted by Gasteiger charge is 2.29. The van der Waals surface area contributed by atoms with Gasteiger partial charge in [-0.2, -0.15) is 0 Å². The summed E-state index contributed by atoms with van der Waals surface area (Å²) < 4.78 is 0. The van der Waals surface area contributed by atoms with Crippen molar-refractivity contribution in [3.8, 4) is 0 Å². The second-order valence-electron chi connectivity index (χ2n) is 4.80. The molecule has 2 aromatic rings. The van der Waals surface area contributed by atoms with Gasteiger partial charge in [-0.1, -0.05) is 6.07 Å². The number of nitrogens with two attached hydrogens (primary N) is 1. The Morgan fingerprint density at radius 2 is 2.17 bits per heavy atom. The second kappa shape index (κ2) is 5.08. The van der Waals surface area contributed by atoms with Gasteiger partial charge in [0.2, 0.25) is 0 Å². The molecule has 1 aliphatic carbocycles. The molecule has 0 spiro atoms. The molecule has 4 heteroatoms. The van der Waals surface area contributed by atoms with E-state index < -0.39 is 0 Å². The normalized spacial score (nSPS) is 15.2. The van der Waals surface area contributed by atoms with Crippen molar-refractivity contribution in [1.82, 2.24) is 9.88 Å². The van der Waals surface area contributed by atoms with Gasteiger partial charge in [0, 0.05) is 24.0 Å². The van der Waals surface area contributed by atoms with Crippen molar-refractivity contribution in [3.05, 3.63) is 46.4 Å². The first-order valence-corrected chi connectivity index (χ1v) is 7.16. The van der Waals surface area contributed by atoms with Crippen LogP contribution in [0.4, 0.5) is 5.69 Å². The molecular weight excluding hydrogens is 242 g/mol. The SMILES string of the molecule is Nc1ccc(CN(Cc2cccs2)C2CC2)nc1. The molecule has 0 radical (unpaired) electrons. The van der Waals surface area contributed by atoms with E-state index in [1.54, 1.807) is 6.20 Å². The van der Waals surface area contributed by atoms with Gasteiger partial charge in [-0.25, -0.2) is 0 Å². The van der Waals surface area contributed by atoms with Crippen molar-refractivity contribution in [2.24, 2.45) is 0 Å². The first-order chi connectivity index (χ1) is 8.81. The van der Waals surface area contributed by atoms with Crippen molar-refractivity contribution in [1.29, 1.82) is 0 Å². The van der Waals surface area contributed by atoms with Crippen LogP contribution in [0.3, 0.4) is 0 Å². The largest absolute Gasteiger partial charge is 0.397 e. The molecule has 1 aliphatic rings. The monoisotopic (exact) mass is 259 g/mol. The minimum atomic E-state index is 0.731. The fourth-order valence-corrected chi connectivity index (χ4v) is 2.82. The number of hydrogen-bond acceptors (Lipinski definition) is 4. The highest BCUT2D eigenvalue weighted by molar-refractivity contribution is 7.09. The van der Waals surface area contributed by atoms with E-state index >= 15 is 0 Å². The summed E-state index contributed by atoms with van der Waals surface area (Å²) in [5.41, 5.74) is 7.50. The van der Waals surface area contributed by atoms with E-state index in [9.17, 15) is 0 Å². The van der Waals surface area contributed by atoms with Crippen molar-refractivity contribution in [2.75, 3.05) is 5.73 Å². The maximum atomic E-state index is 5.66. The van der Waals surface area contributed by atoms with Gasteiger partial charge in [-0.3, -0.25) is 9.88 Å². The summed E-state index contributed by atoms with van der Waals surface area (Å²) in [5.74, 6) is 0. The highest BCUT2D eigenvalue weighted by Crippen LogP contribution is 2.30. The lowest BCUT2D eigenvalue weighted by Crippen LogP contribution is -2.25. The molecule has 3 rings (SSSR count). The molecule has 0 bridgehead atoms. The standard InChI is InChI=1S/C14H17N3S/c15-11-3-4-12(16-8-11)9-17(13-5-6-13)10-14-2-1-7-18-14/h1-4,7-8,13H,5-6,9-10,15H2. The van der Waals surface area contributed by atoms with Crippen LogP contribution >= 0.6 is 11.3 Å². The molecule has 94 valence electrons. The molecular formula is C14H17N3S. The quantitative estimate of drug-likeness (QED) is 0.897. The van der Waals surface area contributed by atoms with E-state index in [4.69, 9.17) is 5.73 Å². The molecule has 2 aromatic heterocycles. The molecule has 0 aromatic carbocycles. The summed E-state index contributed by atoms with van der Waals surface area (Å²) in [5, 5.41) is 2.14. The lowest BCUT2D eigenvalue weighted by atomic mass is 10.3. The van der Waals surface area contributed by atoms with E-state index in [2.05, 4.69) is 27.4 Å². The molecule has 3 nitrogen and oxygen atoms in total. The molecule has 0 amide bonds. The molecule has 0 atom stereocenters. The van der Waals surface area contributed by atoms with E-state index in [-0.39, 0.29) is 0 Å². The molecule has 0 aliphatic heterocycles. The van der Waals surface area contributed by atoms with Gasteiger partial charge in [0.25, 0.3) is 0 Å². The number of aromatic nitrogens is 1. The summed E-state index contributed by atoms with van der Waals surface area (Å²) in [6.07, 6.45) is 4.38. The Kier molecular flexibility index (Phi) is 3.30. The van der Waals surface area contributed by atoms with E-state index in [0.29, 0.717) is 0 Å². The van der Waals surface area contributed by atoms with Crippen LogP contribution < -0.4 is 5.73 Å². The Morgan fingerprint density at radius 3 is 2.78 bits per heavy atom. The Bertz CT molecular complexity index is 488. The van der Waals surface area contributed by atoms with E-state index in [0.717, 1.165) is 30.5 Å². The van der Waals surface area contributed by atoms with Crippen LogP contribution in [0.5, 0.6) is 0 Å². The van der Waals surface area contributed by atoms with Gasteiger partial charge in [0.05, 0.1) is 17.6 Å². The number of nitrogen functional groups attached to an aromatic ring is 1. The first-order valence-electron chi connectivity index (χ1n) is 6.28. The fraction of sp³-hybridized carbons (Fsp3) is 0.357. The second-order valence-corrected chi connectivity index (χ2v) is 5.83. The van der Waals surface area contributed by atoms with Gasteiger partial charge >= 0.3 is 0 Å². The smallest absolute Gasteiger partial charge is 0.0545 e. The van der Waals surface area contributed by atoms with Crippen LogP contribution in [0.1, 0.15) is 23.4 Å². The third kappa shape index (κ3) is 2.89. The van der Waals surface area contributed by atoms with Crippen LogP contribution in [0.15, 0.2) is 35.8 Å². The third-order valence-electron chi connectivity index (χ3n) is 3.22. The van der Waals surface area contributed by atoms with Gasteiger partial charge in [0.1, 0.15) is 0 Å². The Balaban J connectivity index is 1.68. The van der Waals surface area contributed by atoms with E-state index in [1.807, 2.05) is 23.5 Å². The van der Waals surface area contributed by atoms with Gasteiger partial charge in [0.15, 0.2) is 0 Å². The topological polar surface area (TPSA) is 42.1 Å². The number of thiophene rings is 1. The predicted molar refractivity (Wildman–Crippen MR) is 75.2 cm³/mol. The zero-order valence-electron chi connectivity index (χ0n) is 10.2. The van der Waals surface area contributed by atoms with Crippen LogP contribution in [-0.4, -0.2) is 15.9 Å². The fourth-order valence-electron chi connectivity index (χ4n) is 2.09. The van der Waals surface area contributed by atoms with Gasteiger partial charge in [-0.05, 0) is 36.4 Å². The number of pyridine rings is 1. The minimum absolute atomic E-state index is 0.731. The van der Waals surface area contributed by atoms with Crippen LogP contribution in [-0.2, 0) is 13.1 Å². The Hall–Kier alpha value is -1.39. The summed E-state index contributed by atoms with van der Waals surface area (Å²) in [4.78, 5) is 8.34. The molecule has 1 fully saturated rings. The van der Waals surface area contributed by atoms with Gasteiger partial charge in [-0.15, -0.1) is 11.3 Å². The van der Waals surface area contributed by atoms with Crippen LogP contribution in [0, 0.1) is 0 Å². The molecule has 0 unspecified atom stereocenters. The number of rotatable bonds is 5. The summed E-state index contributed by atoms with van der Waals surface area (Å²) in [6.45, 7) is 1.96. The molecule has 18 heavy (non-hydrogen) atoms. The zero-order valence-corrected chi connectivity index (χ0v) is 11.1. The Labute approximate surface area is 111 Å². The van der Waals surface area contributed by atoms with Crippen LogP contribution in [0.2, 0.25) is 0 Å². The maximum absolute atomic E-state index is 5.66. The molecule has 2 heterocycles. The van der Waals surface area contributed by atoms with Gasteiger partial charge < -0.3 is 5.73 Å². The molecule has 1 saturated carbocycles. The summed E-state index contributed by atoms with van der Waals surface area (Å²) in [6, 6.07) is 9.02. The third-order valence-corrected chi connectivity index (χ3v) is 4.08. The van der Waals surface area contributed by atoms with Crippen molar-refractivity contribution in [3.63, 3.8) is 0 Å². The lowest BCUT2D eigenvalue weighted by Gasteiger charge is -2.20. The highest BCUT2D eigenvalue weighted by atomic mass is 32.1. The summed E-state index contributed by atoms with van der Waals surface area (Å²) >= 11 is 1.83. The van der Waals surface area contributed by atoms with Crippen molar-refractivity contribution < 1.29 is 0 Å². The summed E-state index contributed by atoms with van der Waals surface area (Å²) in [7, 11) is 0. The number of anilines is 1. The average molecular weight is 259 g/mol. The predicted octanol–water partition coefficient (Wildman–Crippen LogP) is 2.89. The van der Waals surface area contributed by atoms with Crippen LogP contribution in [0.25, 0.3) is 0 Å². The average Bonchev–Trinajstić information content (AvgIpc) is 3.10. The minimum Gasteiger partial charge on any atom is -0.397 e. The number of nitrogens with zero attached hydrogens (tertiary/aromatic N) is 2. The van der Waals surface area contributed by atoms with Crippen molar-refractivity contribution >= 4 is 17.0 Å². The maximum Gasteiger partial charge on any atom is 0.0545 e. The van der Waals surface area contributed by atoms with E-state index in [1.165, 1.54) is 17.7 Å². The zero-order chi connectivity index (χ0) is 12.4. The van der Waals surface area contributed by atoms with Crippen molar-refractivity contribution in [2.45, 2.75) is 32.0 Å². The Morgan fingerprint density at radius 1 is 1.28 bits per heavy atom. The number of hydrogen-bond donors (Lipinski definition) is 1. The lowest BCUT2D eigenvalue weighted by molar-refractivity contribution is 0.245.